The first kappa shape index (κ1) is 17.4. The Morgan fingerprint density at radius 1 is 1.20 bits per heavy atom. The highest BCUT2D eigenvalue weighted by Crippen LogP contribution is 2.19. The highest BCUT2D eigenvalue weighted by atomic mass is 32.1. The maximum absolute atomic E-state index is 13.5. The zero-order valence-electron chi connectivity index (χ0n) is 14.2. The average molecular weight is 358 g/mol. The van der Waals surface area contributed by atoms with E-state index in [1.807, 2.05) is 11.5 Å². The molecule has 0 bridgehead atoms. The molecule has 0 saturated heterocycles. The van der Waals surface area contributed by atoms with Gasteiger partial charge in [-0.15, -0.1) is 0 Å². The summed E-state index contributed by atoms with van der Waals surface area (Å²) in [5.41, 5.74) is 1.39. The average Bonchev–Trinajstić information content (AvgIpc) is 2.92. The lowest BCUT2D eigenvalue weighted by molar-refractivity contribution is 0.0998. The lowest BCUT2D eigenvalue weighted by Gasteiger charge is -2.03. The van der Waals surface area contributed by atoms with Gasteiger partial charge in [0.15, 0.2) is 4.80 Å². The standard InChI is InChI=1S/C19H19FN2O2S/c1-3-11-22-16-10-7-14(20)12-17(16)25-19(22)21-18(23)13-5-8-15(9-6-13)24-4-2/h5-10,12H,3-4,11H2,1-2H3. The number of nitrogens with zero attached hydrogens (tertiary/aromatic N) is 2. The third kappa shape index (κ3) is 3.79. The van der Waals surface area contributed by atoms with Gasteiger partial charge in [-0.3, -0.25) is 4.79 Å². The van der Waals surface area contributed by atoms with E-state index in [-0.39, 0.29) is 11.7 Å². The second kappa shape index (κ2) is 7.61. The second-order valence-electron chi connectivity index (χ2n) is 5.52. The van der Waals surface area contributed by atoms with Gasteiger partial charge in [0, 0.05) is 12.1 Å². The SMILES string of the molecule is CCCn1c(=NC(=O)c2ccc(OCC)cc2)sc2cc(F)ccc21. The zero-order valence-corrected chi connectivity index (χ0v) is 15.0. The van der Waals surface area contributed by atoms with E-state index in [4.69, 9.17) is 4.74 Å². The van der Waals surface area contributed by atoms with Crippen molar-refractivity contribution in [2.24, 2.45) is 4.99 Å². The van der Waals surface area contributed by atoms with Crippen LogP contribution in [0.2, 0.25) is 0 Å². The third-order valence-electron chi connectivity index (χ3n) is 3.70. The summed E-state index contributed by atoms with van der Waals surface area (Å²) < 4.78 is 21.6. The van der Waals surface area contributed by atoms with E-state index in [9.17, 15) is 9.18 Å². The first-order valence-corrected chi connectivity index (χ1v) is 9.04. The van der Waals surface area contributed by atoms with Crippen molar-refractivity contribution in [3.8, 4) is 5.75 Å². The molecule has 0 aliphatic carbocycles. The van der Waals surface area contributed by atoms with Gasteiger partial charge in [0.05, 0.1) is 16.8 Å². The predicted octanol–water partition coefficient (Wildman–Crippen LogP) is 4.39. The molecular formula is C19H19FN2O2S. The van der Waals surface area contributed by atoms with Crippen molar-refractivity contribution in [3.63, 3.8) is 0 Å². The number of amides is 1. The minimum Gasteiger partial charge on any atom is -0.494 e. The number of ether oxygens (including phenoxy) is 1. The second-order valence-corrected chi connectivity index (χ2v) is 6.53. The number of aromatic nitrogens is 1. The van der Waals surface area contributed by atoms with Crippen LogP contribution in [-0.2, 0) is 6.54 Å². The van der Waals surface area contributed by atoms with Gasteiger partial charge in [0.2, 0.25) is 0 Å². The number of halogens is 1. The molecule has 1 amide bonds. The molecule has 130 valence electrons. The Labute approximate surface area is 149 Å². The number of rotatable bonds is 5. The molecule has 0 N–H and O–H groups in total. The lowest BCUT2D eigenvalue weighted by Crippen LogP contribution is -2.16. The van der Waals surface area contributed by atoms with E-state index in [2.05, 4.69) is 11.9 Å². The fourth-order valence-corrected chi connectivity index (χ4v) is 3.66. The zero-order chi connectivity index (χ0) is 17.8. The molecule has 0 saturated carbocycles. The highest BCUT2D eigenvalue weighted by Gasteiger charge is 2.10. The van der Waals surface area contributed by atoms with E-state index in [0.29, 0.717) is 17.0 Å². The van der Waals surface area contributed by atoms with Crippen LogP contribution in [0.1, 0.15) is 30.6 Å². The lowest BCUT2D eigenvalue weighted by atomic mass is 10.2. The van der Waals surface area contributed by atoms with Crippen LogP contribution in [0.25, 0.3) is 10.2 Å². The Morgan fingerprint density at radius 3 is 2.64 bits per heavy atom. The van der Waals surface area contributed by atoms with E-state index < -0.39 is 0 Å². The number of carbonyl (C=O) groups excluding carboxylic acids is 1. The largest absolute Gasteiger partial charge is 0.494 e. The molecule has 0 spiro atoms. The van der Waals surface area contributed by atoms with Gasteiger partial charge in [-0.05, 0) is 55.8 Å². The van der Waals surface area contributed by atoms with E-state index in [1.165, 1.54) is 23.5 Å². The molecule has 0 fully saturated rings. The molecule has 4 nitrogen and oxygen atoms in total. The molecule has 3 rings (SSSR count). The van der Waals surface area contributed by atoms with Crippen molar-refractivity contribution < 1.29 is 13.9 Å². The molecule has 1 heterocycles. The summed E-state index contributed by atoms with van der Waals surface area (Å²) in [5.74, 6) is 0.110. The molecule has 0 atom stereocenters. The number of carbonyl (C=O) groups is 1. The highest BCUT2D eigenvalue weighted by molar-refractivity contribution is 7.16. The summed E-state index contributed by atoms with van der Waals surface area (Å²) in [6.45, 7) is 5.26. The summed E-state index contributed by atoms with van der Waals surface area (Å²) in [6.07, 6.45) is 0.896. The van der Waals surface area contributed by atoms with Gasteiger partial charge in [0.1, 0.15) is 11.6 Å². The maximum atomic E-state index is 13.5. The molecule has 0 radical (unpaired) electrons. The molecular weight excluding hydrogens is 339 g/mol. The smallest absolute Gasteiger partial charge is 0.279 e. The molecule has 25 heavy (non-hydrogen) atoms. The van der Waals surface area contributed by atoms with Crippen LogP contribution in [-0.4, -0.2) is 17.1 Å². The van der Waals surface area contributed by atoms with Crippen molar-refractivity contribution >= 4 is 27.5 Å². The summed E-state index contributed by atoms with van der Waals surface area (Å²) in [5, 5.41) is 0. The fourth-order valence-electron chi connectivity index (χ4n) is 2.58. The molecule has 1 aromatic heterocycles. The normalized spacial score (nSPS) is 11.9. The van der Waals surface area contributed by atoms with Crippen LogP contribution in [0.4, 0.5) is 4.39 Å². The minimum atomic E-state index is -0.320. The van der Waals surface area contributed by atoms with E-state index >= 15 is 0 Å². The molecule has 0 aliphatic rings. The molecule has 0 unspecified atom stereocenters. The minimum absolute atomic E-state index is 0.290. The number of fused-ring (bicyclic) bond motifs is 1. The van der Waals surface area contributed by atoms with Crippen LogP contribution < -0.4 is 9.54 Å². The van der Waals surface area contributed by atoms with Gasteiger partial charge in [-0.1, -0.05) is 18.3 Å². The van der Waals surface area contributed by atoms with Gasteiger partial charge in [-0.25, -0.2) is 4.39 Å². The van der Waals surface area contributed by atoms with Crippen molar-refractivity contribution in [1.82, 2.24) is 4.57 Å². The van der Waals surface area contributed by atoms with Crippen LogP contribution >= 0.6 is 11.3 Å². The molecule has 6 heteroatoms. The van der Waals surface area contributed by atoms with Crippen LogP contribution in [0.5, 0.6) is 5.75 Å². The Bertz CT molecular complexity index is 958. The Balaban J connectivity index is 2.01. The van der Waals surface area contributed by atoms with Crippen molar-refractivity contribution in [2.45, 2.75) is 26.8 Å². The van der Waals surface area contributed by atoms with E-state index in [0.717, 1.165) is 28.9 Å². The summed E-state index contributed by atoms with van der Waals surface area (Å²) in [6, 6.07) is 11.6. The summed E-state index contributed by atoms with van der Waals surface area (Å²) in [7, 11) is 0. The fraction of sp³-hybridized carbons (Fsp3) is 0.263. The topological polar surface area (TPSA) is 43.6 Å². The van der Waals surface area contributed by atoms with Crippen molar-refractivity contribution in [3.05, 3.63) is 58.6 Å². The maximum Gasteiger partial charge on any atom is 0.279 e. The number of hydrogen-bond acceptors (Lipinski definition) is 3. The quantitative estimate of drug-likeness (QED) is 0.679. The summed E-state index contributed by atoms with van der Waals surface area (Å²) >= 11 is 1.32. The van der Waals surface area contributed by atoms with Crippen LogP contribution in [0, 0.1) is 5.82 Å². The number of thiazole rings is 1. The van der Waals surface area contributed by atoms with Gasteiger partial charge in [0.25, 0.3) is 5.91 Å². The Kier molecular flexibility index (Phi) is 5.28. The monoisotopic (exact) mass is 358 g/mol. The first-order valence-electron chi connectivity index (χ1n) is 8.23. The van der Waals surface area contributed by atoms with Gasteiger partial charge >= 0.3 is 0 Å². The van der Waals surface area contributed by atoms with Gasteiger partial charge < -0.3 is 9.30 Å². The Hall–Kier alpha value is -2.47. The van der Waals surface area contributed by atoms with Crippen LogP contribution in [0.3, 0.4) is 0 Å². The van der Waals surface area contributed by atoms with E-state index in [1.54, 1.807) is 30.3 Å². The van der Waals surface area contributed by atoms with Crippen molar-refractivity contribution in [2.75, 3.05) is 6.61 Å². The first-order chi connectivity index (χ1) is 12.1. The predicted molar refractivity (Wildman–Crippen MR) is 97.6 cm³/mol. The number of aryl methyl sites for hydroxylation is 1. The molecule has 3 aromatic rings. The van der Waals surface area contributed by atoms with Crippen LogP contribution in [0.15, 0.2) is 47.5 Å². The molecule has 0 aliphatic heterocycles. The molecule has 2 aromatic carbocycles. The number of benzene rings is 2. The Morgan fingerprint density at radius 2 is 1.96 bits per heavy atom. The third-order valence-corrected chi connectivity index (χ3v) is 4.74. The van der Waals surface area contributed by atoms with Crippen molar-refractivity contribution in [1.29, 1.82) is 0 Å². The van der Waals surface area contributed by atoms with Gasteiger partial charge in [-0.2, -0.15) is 4.99 Å². The number of hydrogen-bond donors (Lipinski definition) is 0. The summed E-state index contributed by atoms with van der Waals surface area (Å²) in [4.78, 5) is 17.3.